The van der Waals surface area contributed by atoms with E-state index in [0.29, 0.717) is 19.0 Å². The molecule has 3 heterocycles. The summed E-state index contributed by atoms with van der Waals surface area (Å²) in [6, 6.07) is 10.0. The van der Waals surface area contributed by atoms with Gasteiger partial charge in [-0.15, -0.1) is 11.3 Å². The maximum absolute atomic E-state index is 6.17. The third-order valence-electron chi connectivity index (χ3n) is 3.98. The first kappa shape index (κ1) is 15.9. The monoisotopic (exact) mass is 353 g/mol. The number of hydrogen-bond acceptors (Lipinski definition) is 5. The van der Waals surface area contributed by atoms with Crippen molar-refractivity contribution in [1.82, 2.24) is 15.0 Å². The van der Waals surface area contributed by atoms with Crippen molar-refractivity contribution in [2.75, 3.05) is 26.3 Å². The summed E-state index contributed by atoms with van der Waals surface area (Å²) < 4.78 is 5.33. The molecule has 1 aliphatic rings. The Labute approximate surface area is 149 Å². The number of aromatic amines is 1. The molecule has 0 radical (unpaired) electrons. The van der Waals surface area contributed by atoms with Crippen LogP contribution in [0.25, 0.3) is 23.2 Å². The molecule has 2 aromatic heterocycles. The highest BCUT2D eigenvalue weighted by Gasteiger charge is 2.10. The molecule has 0 aliphatic carbocycles. The number of amidine groups is 1. The molecule has 6 nitrogen and oxygen atoms in total. The fourth-order valence-corrected chi connectivity index (χ4v) is 3.30. The van der Waals surface area contributed by atoms with Gasteiger partial charge >= 0.3 is 0 Å². The fourth-order valence-electron chi connectivity index (χ4n) is 2.68. The number of nitrogens with two attached hydrogens (primary N) is 1. The first-order valence-electron chi connectivity index (χ1n) is 8.16. The molecule has 1 saturated heterocycles. The molecule has 0 spiro atoms. The predicted octanol–water partition coefficient (Wildman–Crippen LogP) is 2.75. The first-order chi connectivity index (χ1) is 12.3. The van der Waals surface area contributed by atoms with Gasteiger partial charge in [-0.2, -0.15) is 5.10 Å². The lowest BCUT2D eigenvalue weighted by atomic mass is 10.2. The maximum atomic E-state index is 6.17. The molecule has 0 bridgehead atoms. The molecule has 0 atom stereocenters. The average Bonchev–Trinajstić information content (AvgIpc) is 3.29. The van der Waals surface area contributed by atoms with Gasteiger partial charge in [-0.3, -0.25) is 5.01 Å². The molecular formula is C18H19N5OS. The second kappa shape index (κ2) is 7.08. The van der Waals surface area contributed by atoms with Gasteiger partial charge in [0.1, 0.15) is 5.82 Å². The number of fused-ring (bicyclic) bond motifs is 1. The van der Waals surface area contributed by atoms with E-state index in [1.807, 2.05) is 35.4 Å². The van der Waals surface area contributed by atoms with Crippen LogP contribution in [0.2, 0.25) is 0 Å². The third-order valence-corrected chi connectivity index (χ3v) is 4.82. The van der Waals surface area contributed by atoms with Crippen molar-refractivity contribution < 1.29 is 4.74 Å². The van der Waals surface area contributed by atoms with Gasteiger partial charge in [-0.1, -0.05) is 6.07 Å². The molecule has 1 aliphatic heterocycles. The number of ether oxygens (including phenoxy) is 1. The van der Waals surface area contributed by atoms with E-state index in [1.54, 1.807) is 11.3 Å². The molecular weight excluding hydrogens is 334 g/mol. The quantitative estimate of drug-likeness (QED) is 0.558. The SMILES string of the molecule is N/C(=N\N1CCOCC1)c1ccc2nc(/C=C/c3cccs3)[nH]c2c1. The van der Waals surface area contributed by atoms with E-state index in [9.17, 15) is 0 Å². The van der Waals surface area contributed by atoms with E-state index in [1.165, 1.54) is 4.88 Å². The van der Waals surface area contributed by atoms with Gasteiger partial charge in [0.25, 0.3) is 0 Å². The summed E-state index contributed by atoms with van der Waals surface area (Å²) in [6.45, 7) is 2.92. The number of imidazole rings is 1. The number of nitrogens with zero attached hydrogens (tertiary/aromatic N) is 3. The van der Waals surface area contributed by atoms with Crippen molar-refractivity contribution in [1.29, 1.82) is 0 Å². The van der Waals surface area contributed by atoms with Gasteiger partial charge in [0.15, 0.2) is 5.84 Å². The van der Waals surface area contributed by atoms with Gasteiger partial charge in [0, 0.05) is 10.4 Å². The summed E-state index contributed by atoms with van der Waals surface area (Å²) in [5.41, 5.74) is 8.91. The third kappa shape index (κ3) is 3.72. The Balaban J connectivity index is 1.56. The number of rotatable bonds is 4. The minimum absolute atomic E-state index is 0.508. The average molecular weight is 353 g/mol. The van der Waals surface area contributed by atoms with Crippen LogP contribution in [-0.2, 0) is 4.74 Å². The van der Waals surface area contributed by atoms with Crippen LogP contribution >= 0.6 is 11.3 Å². The van der Waals surface area contributed by atoms with Crippen molar-refractivity contribution in [2.24, 2.45) is 10.8 Å². The Hall–Kier alpha value is -2.64. The smallest absolute Gasteiger partial charge is 0.150 e. The van der Waals surface area contributed by atoms with E-state index in [2.05, 4.69) is 32.6 Å². The Bertz CT molecular complexity index is 907. The lowest BCUT2D eigenvalue weighted by Gasteiger charge is -2.24. The number of nitrogens with one attached hydrogen (secondary N) is 1. The van der Waals surface area contributed by atoms with Crippen molar-refractivity contribution >= 4 is 40.4 Å². The Kier molecular flexibility index (Phi) is 4.49. The lowest BCUT2D eigenvalue weighted by Crippen LogP contribution is -2.34. The highest BCUT2D eigenvalue weighted by Crippen LogP contribution is 2.17. The van der Waals surface area contributed by atoms with Crippen molar-refractivity contribution in [2.45, 2.75) is 0 Å². The van der Waals surface area contributed by atoms with Crippen molar-refractivity contribution in [3.05, 3.63) is 52.0 Å². The molecule has 0 amide bonds. The van der Waals surface area contributed by atoms with Crippen molar-refractivity contribution in [3.8, 4) is 0 Å². The molecule has 1 aromatic carbocycles. The first-order valence-corrected chi connectivity index (χ1v) is 9.04. The van der Waals surface area contributed by atoms with Crippen LogP contribution in [0.15, 0.2) is 40.8 Å². The Morgan fingerprint density at radius 1 is 1.28 bits per heavy atom. The summed E-state index contributed by atoms with van der Waals surface area (Å²) in [4.78, 5) is 9.10. The molecule has 0 saturated carbocycles. The van der Waals surface area contributed by atoms with Crippen LogP contribution in [0.3, 0.4) is 0 Å². The number of morpholine rings is 1. The largest absolute Gasteiger partial charge is 0.382 e. The van der Waals surface area contributed by atoms with Gasteiger partial charge in [0.2, 0.25) is 0 Å². The zero-order valence-corrected chi connectivity index (χ0v) is 14.5. The summed E-state index contributed by atoms with van der Waals surface area (Å²) in [6.07, 6.45) is 4.04. The molecule has 0 unspecified atom stereocenters. The zero-order valence-electron chi connectivity index (χ0n) is 13.7. The predicted molar refractivity (Wildman–Crippen MR) is 102 cm³/mol. The second-order valence-electron chi connectivity index (χ2n) is 5.75. The van der Waals surface area contributed by atoms with Crippen LogP contribution in [0.1, 0.15) is 16.3 Å². The highest BCUT2D eigenvalue weighted by atomic mass is 32.1. The zero-order chi connectivity index (χ0) is 17.1. The molecule has 4 rings (SSSR count). The van der Waals surface area contributed by atoms with E-state index in [0.717, 1.165) is 35.5 Å². The summed E-state index contributed by atoms with van der Waals surface area (Å²) in [5, 5.41) is 8.50. The molecule has 25 heavy (non-hydrogen) atoms. The number of benzene rings is 1. The number of H-pyrrole nitrogens is 1. The van der Waals surface area contributed by atoms with Gasteiger partial charge in [0.05, 0.1) is 37.3 Å². The number of aromatic nitrogens is 2. The molecule has 1 fully saturated rings. The minimum atomic E-state index is 0.508. The van der Waals surface area contributed by atoms with Gasteiger partial charge < -0.3 is 15.5 Å². The molecule has 3 aromatic rings. The van der Waals surface area contributed by atoms with E-state index in [-0.39, 0.29) is 0 Å². The lowest BCUT2D eigenvalue weighted by molar-refractivity contribution is 0.0393. The van der Waals surface area contributed by atoms with E-state index in [4.69, 9.17) is 10.5 Å². The molecule has 128 valence electrons. The van der Waals surface area contributed by atoms with Crippen LogP contribution in [0.5, 0.6) is 0 Å². The summed E-state index contributed by atoms with van der Waals surface area (Å²) >= 11 is 1.70. The topological polar surface area (TPSA) is 79.5 Å². The van der Waals surface area contributed by atoms with Crippen molar-refractivity contribution in [3.63, 3.8) is 0 Å². The minimum Gasteiger partial charge on any atom is -0.382 e. The van der Waals surface area contributed by atoms with Crippen LogP contribution in [0.4, 0.5) is 0 Å². The van der Waals surface area contributed by atoms with Crippen LogP contribution in [0, 0.1) is 0 Å². The number of thiophene rings is 1. The van der Waals surface area contributed by atoms with E-state index >= 15 is 0 Å². The standard InChI is InChI=1S/C18H19N5OS/c19-18(22-23-7-9-24-10-8-23)13-3-5-15-16(12-13)21-17(20-15)6-4-14-2-1-11-25-14/h1-6,11-12H,7-10H2,(H2,19,22)(H,20,21)/b6-4+. The molecule has 3 N–H and O–H groups in total. The van der Waals surface area contributed by atoms with Crippen LogP contribution in [-0.4, -0.2) is 47.1 Å². The van der Waals surface area contributed by atoms with Crippen LogP contribution < -0.4 is 5.73 Å². The Morgan fingerprint density at radius 2 is 2.16 bits per heavy atom. The number of hydrogen-bond donors (Lipinski definition) is 2. The summed E-state index contributed by atoms with van der Waals surface area (Å²) in [7, 11) is 0. The Morgan fingerprint density at radius 3 is 2.96 bits per heavy atom. The molecule has 7 heteroatoms. The summed E-state index contributed by atoms with van der Waals surface area (Å²) in [5.74, 6) is 1.33. The maximum Gasteiger partial charge on any atom is 0.150 e. The second-order valence-corrected chi connectivity index (χ2v) is 6.73. The van der Waals surface area contributed by atoms with E-state index < -0.39 is 0 Å². The van der Waals surface area contributed by atoms with Gasteiger partial charge in [-0.05, 0) is 41.8 Å². The number of hydrazone groups is 1. The normalized spacial score (nSPS) is 16.2. The van der Waals surface area contributed by atoms with Gasteiger partial charge in [-0.25, -0.2) is 4.98 Å². The highest BCUT2D eigenvalue weighted by molar-refractivity contribution is 7.10. The fraction of sp³-hybridized carbons (Fsp3) is 0.222.